The fourth-order valence-corrected chi connectivity index (χ4v) is 3.73. The fraction of sp³-hybridized carbons (Fsp3) is 0.500. The van der Waals surface area contributed by atoms with Crippen LogP contribution in [0, 0.1) is 0 Å². The minimum absolute atomic E-state index is 0.0600. The van der Waals surface area contributed by atoms with Crippen LogP contribution in [0.25, 0.3) is 10.9 Å². The number of morpholine rings is 2. The number of fused-ring (bicyclic) bond motifs is 1. The van der Waals surface area contributed by atoms with Gasteiger partial charge in [0.2, 0.25) is 5.91 Å². The highest BCUT2D eigenvalue weighted by atomic mass is 16.5. The molecule has 4 rings (SSSR count). The van der Waals surface area contributed by atoms with E-state index in [1.54, 1.807) is 9.80 Å². The number of ether oxygens (including phenoxy) is 2. The number of aromatic nitrogens is 1. The van der Waals surface area contributed by atoms with Crippen LogP contribution in [-0.4, -0.2) is 85.4 Å². The Morgan fingerprint density at radius 1 is 1.00 bits per heavy atom. The molecular formula is C20H26N4O4. The summed E-state index contributed by atoms with van der Waals surface area (Å²) >= 11 is 0. The first-order valence-electron chi connectivity index (χ1n) is 9.77. The van der Waals surface area contributed by atoms with Crippen molar-refractivity contribution < 1.29 is 19.1 Å². The molecule has 1 aromatic heterocycles. The third kappa shape index (κ3) is 4.13. The highest BCUT2D eigenvalue weighted by Gasteiger charge is 2.30. The van der Waals surface area contributed by atoms with Crippen LogP contribution in [0.5, 0.6) is 0 Å². The van der Waals surface area contributed by atoms with E-state index in [1.807, 2.05) is 30.5 Å². The lowest BCUT2D eigenvalue weighted by Crippen LogP contribution is -2.56. The van der Waals surface area contributed by atoms with Gasteiger partial charge in [0.15, 0.2) is 0 Å². The number of hydrogen-bond acceptors (Lipinski definition) is 4. The van der Waals surface area contributed by atoms with Gasteiger partial charge in [-0.3, -0.25) is 4.79 Å². The number of rotatable bonds is 4. The van der Waals surface area contributed by atoms with E-state index in [1.165, 1.54) is 0 Å². The van der Waals surface area contributed by atoms with E-state index in [4.69, 9.17) is 9.47 Å². The molecule has 2 N–H and O–H groups in total. The smallest absolute Gasteiger partial charge is 0.318 e. The predicted octanol–water partition coefficient (Wildman–Crippen LogP) is 0.980. The topological polar surface area (TPSA) is 86.9 Å². The standard InChI is InChI=1S/C20H26N4O4/c25-19(23-5-9-27-10-6-23)18(22-20(26)24-7-11-28-12-8-24)13-15-14-21-17-4-2-1-3-16(15)17/h1-4,14,18,21H,5-13H2,(H,22,26)/t18-/m0/s1. The second-order valence-corrected chi connectivity index (χ2v) is 7.10. The number of carbonyl (C=O) groups excluding carboxylic acids is 2. The second kappa shape index (κ2) is 8.62. The third-order valence-electron chi connectivity index (χ3n) is 5.32. The number of benzene rings is 1. The molecule has 0 saturated carbocycles. The van der Waals surface area contributed by atoms with E-state index >= 15 is 0 Å². The van der Waals surface area contributed by atoms with Gasteiger partial charge in [-0.25, -0.2) is 4.79 Å². The Bertz CT molecular complexity index is 824. The van der Waals surface area contributed by atoms with Crippen molar-refractivity contribution in [1.82, 2.24) is 20.1 Å². The van der Waals surface area contributed by atoms with Crippen molar-refractivity contribution in [2.24, 2.45) is 0 Å². The van der Waals surface area contributed by atoms with Crippen LogP contribution in [0.3, 0.4) is 0 Å². The number of urea groups is 1. The van der Waals surface area contributed by atoms with Crippen LogP contribution in [0.1, 0.15) is 5.56 Å². The number of aromatic amines is 1. The zero-order valence-corrected chi connectivity index (χ0v) is 15.9. The van der Waals surface area contributed by atoms with E-state index < -0.39 is 6.04 Å². The predicted molar refractivity (Wildman–Crippen MR) is 104 cm³/mol. The van der Waals surface area contributed by atoms with Gasteiger partial charge in [0.25, 0.3) is 0 Å². The zero-order valence-electron chi connectivity index (χ0n) is 15.9. The molecule has 150 valence electrons. The number of carbonyl (C=O) groups is 2. The van der Waals surface area contributed by atoms with E-state index in [2.05, 4.69) is 10.3 Å². The summed E-state index contributed by atoms with van der Waals surface area (Å²) in [6, 6.07) is 7.15. The van der Waals surface area contributed by atoms with E-state index in [9.17, 15) is 9.59 Å². The van der Waals surface area contributed by atoms with Gasteiger partial charge in [-0.2, -0.15) is 0 Å². The molecule has 2 saturated heterocycles. The lowest BCUT2D eigenvalue weighted by molar-refractivity contribution is -0.137. The van der Waals surface area contributed by atoms with Crippen molar-refractivity contribution >= 4 is 22.8 Å². The fourth-order valence-electron chi connectivity index (χ4n) is 3.73. The number of amides is 3. The summed E-state index contributed by atoms with van der Waals surface area (Å²) in [5.41, 5.74) is 2.04. The second-order valence-electron chi connectivity index (χ2n) is 7.10. The summed E-state index contributed by atoms with van der Waals surface area (Å²) in [5, 5.41) is 4.04. The number of nitrogens with zero attached hydrogens (tertiary/aromatic N) is 2. The Morgan fingerprint density at radius 3 is 2.36 bits per heavy atom. The number of hydrogen-bond donors (Lipinski definition) is 2. The average Bonchev–Trinajstić information content (AvgIpc) is 3.17. The Hall–Kier alpha value is -2.58. The van der Waals surface area contributed by atoms with Gasteiger partial charge in [0.05, 0.1) is 26.4 Å². The molecule has 0 bridgehead atoms. The van der Waals surface area contributed by atoms with E-state index in [0.717, 1.165) is 16.5 Å². The molecule has 3 heterocycles. The summed E-state index contributed by atoms with van der Waals surface area (Å²) in [6.45, 7) is 4.30. The summed E-state index contributed by atoms with van der Waals surface area (Å²) < 4.78 is 10.7. The van der Waals surface area contributed by atoms with Crippen LogP contribution in [0.15, 0.2) is 30.5 Å². The van der Waals surface area contributed by atoms with Crippen LogP contribution in [0.2, 0.25) is 0 Å². The van der Waals surface area contributed by atoms with Crippen molar-refractivity contribution in [3.63, 3.8) is 0 Å². The molecule has 2 aliphatic rings. The molecule has 0 radical (unpaired) electrons. The Morgan fingerprint density at radius 2 is 1.64 bits per heavy atom. The highest BCUT2D eigenvalue weighted by Crippen LogP contribution is 2.20. The van der Waals surface area contributed by atoms with E-state index in [-0.39, 0.29) is 11.9 Å². The highest BCUT2D eigenvalue weighted by molar-refractivity contribution is 5.89. The van der Waals surface area contributed by atoms with Crippen LogP contribution in [-0.2, 0) is 20.7 Å². The monoisotopic (exact) mass is 386 g/mol. The molecule has 8 heteroatoms. The Balaban J connectivity index is 1.53. The lowest BCUT2D eigenvalue weighted by atomic mass is 10.0. The maximum atomic E-state index is 13.2. The first-order valence-corrected chi connectivity index (χ1v) is 9.77. The van der Waals surface area contributed by atoms with Gasteiger partial charge < -0.3 is 29.6 Å². The molecule has 2 fully saturated rings. The van der Waals surface area contributed by atoms with Crippen molar-refractivity contribution in [3.8, 4) is 0 Å². The number of H-pyrrole nitrogens is 1. The van der Waals surface area contributed by atoms with Gasteiger partial charge in [-0.05, 0) is 11.6 Å². The summed E-state index contributed by atoms with van der Waals surface area (Å²) in [4.78, 5) is 32.7. The molecule has 2 aromatic rings. The molecule has 0 aliphatic carbocycles. The largest absolute Gasteiger partial charge is 0.378 e. The molecule has 0 spiro atoms. The van der Waals surface area contributed by atoms with Gasteiger partial charge in [0.1, 0.15) is 6.04 Å². The quantitative estimate of drug-likeness (QED) is 0.820. The molecule has 1 atom stereocenters. The minimum Gasteiger partial charge on any atom is -0.378 e. The normalized spacial score (nSPS) is 18.9. The van der Waals surface area contributed by atoms with Crippen molar-refractivity contribution in [3.05, 3.63) is 36.0 Å². The van der Waals surface area contributed by atoms with Gasteiger partial charge in [-0.1, -0.05) is 18.2 Å². The maximum absolute atomic E-state index is 13.2. The van der Waals surface area contributed by atoms with Crippen molar-refractivity contribution in [2.45, 2.75) is 12.5 Å². The third-order valence-corrected chi connectivity index (χ3v) is 5.32. The number of para-hydroxylation sites is 1. The first-order chi connectivity index (χ1) is 13.7. The molecular weight excluding hydrogens is 360 g/mol. The minimum atomic E-state index is -0.618. The van der Waals surface area contributed by atoms with Crippen molar-refractivity contribution in [2.75, 3.05) is 52.6 Å². The average molecular weight is 386 g/mol. The maximum Gasteiger partial charge on any atom is 0.318 e. The SMILES string of the molecule is O=C(N[C@@H](Cc1c[nH]c2ccccc12)C(=O)N1CCOCC1)N1CCOCC1. The van der Waals surface area contributed by atoms with Gasteiger partial charge in [-0.15, -0.1) is 0 Å². The van der Waals surface area contributed by atoms with Crippen LogP contribution >= 0.6 is 0 Å². The molecule has 0 unspecified atom stereocenters. The van der Waals surface area contributed by atoms with Crippen LogP contribution < -0.4 is 5.32 Å². The lowest BCUT2D eigenvalue weighted by Gasteiger charge is -2.33. The first kappa shape index (κ1) is 18.8. The Labute approximate surface area is 163 Å². The van der Waals surface area contributed by atoms with Crippen LogP contribution in [0.4, 0.5) is 4.79 Å². The van der Waals surface area contributed by atoms with E-state index in [0.29, 0.717) is 59.0 Å². The zero-order chi connectivity index (χ0) is 19.3. The van der Waals surface area contributed by atoms with Gasteiger partial charge >= 0.3 is 6.03 Å². The Kier molecular flexibility index (Phi) is 5.78. The molecule has 1 aromatic carbocycles. The molecule has 8 nitrogen and oxygen atoms in total. The van der Waals surface area contributed by atoms with Crippen molar-refractivity contribution in [1.29, 1.82) is 0 Å². The molecule has 2 aliphatic heterocycles. The summed E-state index contributed by atoms with van der Waals surface area (Å²) in [5.74, 6) is -0.0600. The molecule has 28 heavy (non-hydrogen) atoms. The summed E-state index contributed by atoms with van der Waals surface area (Å²) in [6.07, 6.45) is 2.36. The molecule has 3 amide bonds. The van der Waals surface area contributed by atoms with Gasteiger partial charge in [0, 0.05) is 49.7 Å². The summed E-state index contributed by atoms with van der Waals surface area (Å²) in [7, 11) is 0. The number of nitrogens with one attached hydrogen (secondary N) is 2.